The molecule has 0 radical (unpaired) electrons. The molecule has 1 amide bonds. The lowest BCUT2D eigenvalue weighted by Gasteiger charge is -2.27. The molecule has 0 saturated carbocycles. The van der Waals surface area contributed by atoms with E-state index in [0.717, 1.165) is 62.7 Å². The van der Waals surface area contributed by atoms with Gasteiger partial charge in [0.15, 0.2) is 5.13 Å². The highest BCUT2D eigenvalue weighted by atomic mass is 35.5. The van der Waals surface area contributed by atoms with E-state index >= 15 is 0 Å². The van der Waals surface area contributed by atoms with E-state index in [0.29, 0.717) is 17.4 Å². The fourth-order valence-electron chi connectivity index (χ4n) is 5.30. The highest BCUT2D eigenvalue weighted by Crippen LogP contribution is 2.48. The summed E-state index contributed by atoms with van der Waals surface area (Å²) >= 11 is 7.52. The van der Waals surface area contributed by atoms with Crippen LogP contribution in [0.15, 0.2) is 36.3 Å². The fraction of sp³-hybridized carbons (Fsp3) is 0.519. The molecule has 194 valence electrons. The molecule has 1 unspecified atom stereocenters. The molecule has 36 heavy (non-hydrogen) atoms. The van der Waals surface area contributed by atoms with Gasteiger partial charge < -0.3 is 19.9 Å². The number of hydrogen-bond donors (Lipinski definition) is 1. The van der Waals surface area contributed by atoms with Gasteiger partial charge in [-0.15, -0.1) is 0 Å². The van der Waals surface area contributed by atoms with Crippen LogP contribution in [-0.4, -0.2) is 48.0 Å². The van der Waals surface area contributed by atoms with Crippen molar-refractivity contribution >= 4 is 45.6 Å². The number of nitrogens with one attached hydrogen (secondary N) is 1. The predicted octanol–water partition coefficient (Wildman–Crippen LogP) is 5.75. The maximum absolute atomic E-state index is 12.2. The number of unbranched alkanes of at least 4 members (excludes halogenated alkanes) is 2. The van der Waals surface area contributed by atoms with Gasteiger partial charge in [-0.05, 0) is 62.8 Å². The van der Waals surface area contributed by atoms with Crippen LogP contribution in [0.1, 0.15) is 64.0 Å². The first-order chi connectivity index (χ1) is 17.3. The van der Waals surface area contributed by atoms with Crippen LogP contribution in [0, 0.1) is 0 Å². The summed E-state index contributed by atoms with van der Waals surface area (Å²) in [6.07, 6.45) is 8.99. The number of benzene rings is 1. The van der Waals surface area contributed by atoms with Crippen LogP contribution in [0.5, 0.6) is 0 Å². The van der Waals surface area contributed by atoms with E-state index in [-0.39, 0.29) is 17.3 Å². The van der Waals surface area contributed by atoms with Crippen molar-refractivity contribution in [2.75, 3.05) is 36.5 Å². The number of fused-ring (bicyclic) bond motifs is 2. The Bertz CT molecular complexity index is 1130. The van der Waals surface area contributed by atoms with Crippen molar-refractivity contribution in [2.24, 2.45) is 0 Å². The number of carbonyl (C=O) groups is 2. The SMILES string of the molecule is CC=C(Nc1ncc(Cl)s1)N1CC2(CCN(C(C)=O)C2)c2cc(CCCCCC(=O)OCC)ccc21. The molecule has 0 bridgehead atoms. The minimum absolute atomic E-state index is 0.0998. The molecular formula is C27H35ClN4O3S. The summed E-state index contributed by atoms with van der Waals surface area (Å²) in [6, 6.07) is 6.77. The van der Waals surface area contributed by atoms with Crippen molar-refractivity contribution < 1.29 is 14.3 Å². The van der Waals surface area contributed by atoms with Crippen molar-refractivity contribution in [3.05, 3.63) is 51.8 Å². The van der Waals surface area contributed by atoms with Crippen LogP contribution < -0.4 is 10.2 Å². The molecule has 4 rings (SSSR count). The highest BCUT2D eigenvalue weighted by Gasteiger charge is 2.48. The third kappa shape index (κ3) is 5.86. The van der Waals surface area contributed by atoms with Crippen molar-refractivity contribution in [1.82, 2.24) is 9.88 Å². The van der Waals surface area contributed by atoms with E-state index in [1.54, 1.807) is 13.1 Å². The molecule has 1 N–H and O–H groups in total. The summed E-state index contributed by atoms with van der Waals surface area (Å²) in [5.74, 6) is 0.986. The van der Waals surface area contributed by atoms with Crippen LogP contribution in [0.2, 0.25) is 4.34 Å². The van der Waals surface area contributed by atoms with E-state index in [9.17, 15) is 9.59 Å². The van der Waals surface area contributed by atoms with Crippen molar-refractivity contribution in [1.29, 1.82) is 0 Å². The third-order valence-corrected chi connectivity index (χ3v) is 8.14. The minimum atomic E-state index is -0.110. The average Bonchev–Trinajstić information content (AvgIpc) is 3.56. The van der Waals surface area contributed by atoms with E-state index < -0.39 is 0 Å². The number of ether oxygens (including phenoxy) is 1. The van der Waals surface area contributed by atoms with Gasteiger partial charge in [-0.25, -0.2) is 4.98 Å². The number of likely N-dealkylation sites (tertiary alicyclic amines) is 1. The number of allylic oxidation sites excluding steroid dienone is 1. The van der Waals surface area contributed by atoms with Gasteiger partial charge in [0.1, 0.15) is 10.2 Å². The number of halogens is 1. The van der Waals surface area contributed by atoms with Gasteiger partial charge in [-0.2, -0.15) is 0 Å². The Morgan fingerprint density at radius 1 is 1.28 bits per heavy atom. The molecule has 1 atom stereocenters. The van der Waals surface area contributed by atoms with Gasteiger partial charge in [-0.1, -0.05) is 41.5 Å². The second-order valence-corrected chi connectivity index (χ2v) is 11.2. The second kappa shape index (κ2) is 11.6. The third-order valence-electron chi connectivity index (χ3n) is 7.11. The maximum atomic E-state index is 12.2. The van der Waals surface area contributed by atoms with Crippen molar-refractivity contribution in [2.45, 2.75) is 64.7 Å². The fourth-order valence-corrected chi connectivity index (χ4v) is 6.12. The number of aryl methyl sites for hydroxylation is 1. The van der Waals surface area contributed by atoms with Gasteiger partial charge >= 0.3 is 5.97 Å². The van der Waals surface area contributed by atoms with E-state index in [1.165, 1.54) is 28.2 Å². The van der Waals surface area contributed by atoms with Crippen LogP contribution in [0.3, 0.4) is 0 Å². The van der Waals surface area contributed by atoms with Gasteiger partial charge in [0, 0.05) is 44.1 Å². The number of aromatic nitrogens is 1. The Hall–Kier alpha value is -2.58. The van der Waals surface area contributed by atoms with Crippen molar-refractivity contribution in [3.8, 4) is 0 Å². The van der Waals surface area contributed by atoms with E-state index in [1.807, 2.05) is 18.7 Å². The molecule has 7 nitrogen and oxygen atoms in total. The van der Waals surface area contributed by atoms with Gasteiger partial charge in [-0.3, -0.25) is 9.59 Å². The van der Waals surface area contributed by atoms with Crippen LogP contribution in [0.25, 0.3) is 0 Å². The number of anilines is 2. The minimum Gasteiger partial charge on any atom is -0.466 e. The molecule has 1 saturated heterocycles. The molecule has 2 aliphatic heterocycles. The van der Waals surface area contributed by atoms with Gasteiger partial charge in [0.05, 0.1) is 12.8 Å². The average molecular weight is 531 g/mol. The first-order valence-corrected chi connectivity index (χ1v) is 13.9. The largest absolute Gasteiger partial charge is 0.466 e. The molecule has 1 fully saturated rings. The predicted molar refractivity (Wildman–Crippen MR) is 146 cm³/mol. The zero-order chi connectivity index (χ0) is 25.7. The standard InChI is InChI=1S/C27H35ClN4O3S/c1-4-24(30-26-29-16-23(28)36-26)32-18-27(13-14-31(17-27)19(3)33)21-15-20(11-12-22(21)32)9-7-6-8-10-25(34)35-5-2/h4,11-12,15-16H,5-10,13-14,17-18H2,1-3H3,(H,29,30). The number of esters is 1. The molecular weight excluding hydrogens is 496 g/mol. The highest BCUT2D eigenvalue weighted by molar-refractivity contribution is 7.19. The van der Waals surface area contributed by atoms with E-state index in [2.05, 4.69) is 39.5 Å². The molecule has 3 heterocycles. The summed E-state index contributed by atoms with van der Waals surface area (Å²) in [5, 5.41) is 4.20. The Morgan fingerprint density at radius 3 is 2.78 bits per heavy atom. The first-order valence-electron chi connectivity index (χ1n) is 12.7. The van der Waals surface area contributed by atoms with Crippen LogP contribution in [-0.2, 0) is 26.2 Å². The number of nitrogens with zero attached hydrogens (tertiary/aromatic N) is 3. The molecule has 1 aromatic carbocycles. The number of amides is 1. The Balaban J connectivity index is 1.52. The Kier molecular flexibility index (Phi) is 8.57. The maximum Gasteiger partial charge on any atom is 0.305 e. The summed E-state index contributed by atoms with van der Waals surface area (Å²) in [6.45, 7) is 8.27. The van der Waals surface area contributed by atoms with Gasteiger partial charge in [0.2, 0.25) is 5.91 Å². The Labute approximate surface area is 222 Å². The lowest BCUT2D eigenvalue weighted by molar-refractivity contribution is -0.143. The molecule has 1 aromatic heterocycles. The Morgan fingerprint density at radius 2 is 2.11 bits per heavy atom. The van der Waals surface area contributed by atoms with Crippen LogP contribution in [0.4, 0.5) is 10.8 Å². The van der Waals surface area contributed by atoms with E-state index in [4.69, 9.17) is 16.3 Å². The molecule has 0 aliphatic carbocycles. The van der Waals surface area contributed by atoms with Crippen molar-refractivity contribution in [3.63, 3.8) is 0 Å². The number of hydrogen-bond acceptors (Lipinski definition) is 7. The van der Waals surface area contributed by atoms with Gasteiger partial charge in [0.25, 0.3) is 0 Å². The topological polar surface area (TPSA) is 74.8 Å². The summed E-state index contributed by atoms with van der Waals surface area (Å²) in [4.78, 5) is 32.4. The normalized spacial score (nSPS) is 19.2. The molecule has 2 aliphatic rings. The second-order valence-electron chi connectivity index (χ2n) is 9.54. The summed E-state index contributed by atoms with van der Waals surface area (Å²) in [5.41, 5.74) is 3.69. The zero-order valence-corrected chi connectivity index (χ0v) is 22.9. The quantitative estimate of drug-likeness (QED) is 0.311. The number of thiazole rings is 1. The first kappa shape index (κ1) is 26.5. The zero-order valence-electron chi connectivity index (χ0n) is 21.3. The lowest BCUT2D eigenvalue weighted by atomic mass is 9.80. The smallest absolute Gasteiger partial charge is 0.305 e. The molecule has 9 heteroatoms. The number of rotatable bonds is 10. The van der Waals surface area contributed by atoms with Crippen LogP contribution >= 0.6 is 22.9 Å². The summed E-state index contributed by atoms with van der Waals surface area (Å²) in [7, 11) is 0. The number of carbonyl (C=O) groups excluding carboxylic acids is 2. The monoisotopic (exact) mass is 530 g/mol. The summed E-state index contributed by atoms with van der Waals surface area (Å²) < 4.78 is 5.67. The molecule has 2 aromatic rings. The molecule has 1 spiro atoms. The lowest BCUT2D eigenvalue weighted by Crippen LogP contribution is -2.38.